The van der Waals surface area contributed by atoms with E-state index in [2.05, 4.69) is 27.3 Å². The first-order chi connectivity index (χ1) is 10.2. The van der Waals surface area contributed by atoms with E-state index in [1.807, 2.05) is 18.2 Å². The second-order valence-electron chi connectivity index (χ2n) is 4.84. The zero-order valence-corrected chi connectivity index (χ0v) is 12.0. The van der Waals surface area contributed by atoms with E-state index in [9.17, 15) is 0 Å². The van der Waals surface area contributed by atoms with Crippen LogP contribution in [0.2, 0.25) is 0 Å². The lowest BCUT2D eigenvalue weighted by Crippen LogP contribution is -2.30. The number of hydrogen-bond acceptors (Lipinski definition) is 6. The second kappa shape index (κ2) is 5.92. The van der Waals surface area contributed by atoms with E-state index < -0.39 is 0 Å². The normalized spacial score (nSPS) is 12.7. The van der Waals surface area contributed by atoms with Gasteiger partial charge in [-0.15, -0.1) is 0 Å². The third kappa shape index (κ3) is 3.19. The van der Waals surface area contributed by atoms with Gasteiger partial charge in [0.1, 0.15) is 23.9 Å². The highest BCUT2D eigenvalue weighted by Gasteiger charge is 2.09. The summed E-state index contributed by atoms with van der Waals surface area (Å²) in [5, 5.41) is 7.43. The summed E-state index contributed by atoms with van der Waals surface area (Å²) in [6.45, 7) is 3.38. The molecule has 0 saturated heterocycles. The van der Waals surface area contributed by atoms with Gasteiger partial charge in [-0.1, -0.05) is 0 Å². The maximum absolute atomic E-state index is 5.69. The van der Waals surface area contributed by atoms with Crippen molar-refractivity contribution in [2.24, 2.45) is 0 Å². The minimum absolute atomic E-state index is 0.233. The standard InChI is InChI=1S/C14H17N5O2/c1-10(7-19-9-15-8-17-19)16-6-14-18-12-5-11(20-2)3-4-13(12)21-14/h3-5,8-10,16H,6-7H2,1-2H3. The monoisotopic (exact) mass is 287 g/mol. The van der Waals surface area contributed by atoms with Gasteiger partial charge >= 0.3 is 0 Å². The van der Waals surface area contributed by atoms with Crippen molar-refractivity contribution in [2.45, 2.75) is 26.1 Å². The summed E-state index contributed by atoms with van der Waals surface area (Å²) in [5.74, 6) is 1.43. The molecule has 0 aliphatic heterocycles. The van der Waals surface area contributed by atoms with E-state index in [1.54, 1.807) is 18.1 Å². The molecule has 0 saturated carbocycles. The molecular formula is C14H17N5O2. The number of nitrogens with zero attached hydrogens (tertiary/aromatic N) is 4. The van der Waals surface area contributed by atoms with Gasteiger partial charge in [0.05, 0.1) is 20.2 Å². The molecule has 1 atom stereocenters. The van der Waals surface area contributed by atoms with Crippen LogP contribution in [-0.2, 0) is 13.1 Å². The Balaban J connectivity index is 1.62. The highest BCUT2D eigenvalue weighted by molar-refractivity contribution is 5.74. The van der Waals surface area contributed by atoms with Crippen LogP contribution in [0.25, 0.3) is 11.1 Å². The molecule has 0 spiro atoms. The topological polar surface area (TPSA) is 78.0 Å². The Morgan fingerprint density at radius 2 is 2.33 bits per heavy atom. The van der Waals surface area contributed by atoms with Crippen LogP contribution < -0.4 is 10.1 Å². The van der Waals surface area contributed by atoms with Crippen molar-refractivity contribution in [2.75, 3.05) is 7.11 Å². The average molecular weight is 287 g/mol. The summed E-state index contributed by atoms with van der Waals surface area (Å²) in [5.41, 5.74) is 1.56. The van der Waals surface area contributed by atoms with E-state index in [-0.39, 0.29) is 6.04 Å². The molecule has 0 radical (unpaired) electrons. The Bertz CT molecular complexity index is 707. The minimum Gasteiger partial charge on any atom is -0.497 e. The van der Waals surface area contributed by atoms with Gasteiger partial charge in [-0.3, -0.25) is 4.68 Å². The molecule has 0 bridgehead atoms. The van der Waals surface area contributed by atoms with E-state index in [1.165, 1.54) is 6.33 Å². The largest absolute Gasteiger partial charge is 0.497 e. The number of rotatable bonds is 6. The summed E-state index contributed by atoms with van der Waals surface area (Å²) in [4.78, 5) is 8.37. The molecule has 110 valence electrons. The second-order valence-corrected chi connectivity index (χ2v) is 4.84. The Morgan fingerprint density at radius 3 is 3.10 bits per heavy atom. The first kappa shape index (κ1) is 13.6. The summed E-state index contributed by atoms with van der Waals surface area (Å²) in [6, 6.07) is 5.82. The van der Waals surface area contributed by atoms with Crippen LogP contribution in [0.1, 0.15) is 12.8 Å². The van der Waals surface area contributed by atoms with Crippen LogP contribution in [0, 0.1) is 0 Å². The predicted molar refractivity (Wildman–Crippen MR) is 76.9 cm³/mol. The van der Waals surface area contributed by atoms with Crippen molar-refractivity contribution in [3.8, 4) is 5.75 Å². The molecule has 0 aliphatic carbocycles. The maximum atomic E-state index is 5.69. The number of aromatic nitrogens is 4. The molecule has 1 aromatic carbocycles. The van der Waals surface area contributed by atoms with Gasteiger partial charge in [0, 0.05) is 12.1 Å². The fraction of sp³-hybridized carbons (Fsp3) is 0.357. The van der Waals surface area contributed by atoms with Crippen LogP contribution in [0.4, 0.5) is 0 Å². The molecule has 7 nitrogen and oxygen atoms in total. The van der Waals surface area contributed by atoms with Gasteiger partial charge in [-0.05, 0) is 19.1 Å². The number of methoxy groups -OCH3 is 1. The molecule has 21 heavy (non-hydrogen) atoms. The van der Waals surface area contributed by atoms with Gasteiger partial charge in [0.2, 0.25) is 5.89 Å². The summed E-state index contributed by atoms with van der Waals surface area (Å²) in [7, 11) is 1.63. The third-order valence-corrected chi connectivity index (χ3v) is 3.17. The lowest BCUT2D eigenvalue weighted by Gasteiger charge is -2.11. The number of hydrogen-bond donors (Lipinski definition) is 1. The van der Waals surface area contributed by atoms with Gasteiger partial charge in [-0.25, -0.2) is 9.97 Å². The Labute approximate surface area is 121 Å². The van der Waals surface area contributed by atoms with Crippen LogP contribution >= 0.6 is 0 Å². The van der Waals surface area contributed by atoms with Crippen molar-refractivity contribution in [1.29, 1.82) is 0 Å². The number of nitrogens with one attached hydrogen (secondary N) is 1. The van der Waals surface area contributed by atoms with Gasteiger partial charge in [0.25, 0.3) is 0 Å². The molecule has 0 aliphatic rings. The first-order valence-electron chi connectivity index (χ1n) is 6.74. The van der Waals surface area contributed by atoms with Crippen molar-refractivity contribution < 1.29 is 9.15 Å². The van der Waals surface area contributed by atoms with Crippen molar-refractivity contribution >= 4 is 11.1 Å². The maximum Gasteiger partial charge on any atom is 0.209 e. The zero-order chi connectivity index (χ0) is 14.7. The van der Waals surface area contributed by atoms with E-state index in [0.29, 0.717) is 12.4 Å². The summed E-state index contributed by atoms with van der Waals surface area (Å²) < 4.78 is 12.7. The molecule has 2 aromatic heterocycles. The van der Waals surface area contributed by atoms with Crippen molar-refractivity contribution in [3.63, 3.8) is 0 Å². The van der Waals surface area contributed by atoms with Gasteiger partial charge in [0.15, 0.2) is 5.58 Å². The molecule has 3 aromatic rings. The minimum atomic E-state index is 0.233. The number of oxazole rings is 1. The van der Waals surface area contributed by atoms with Gasteiger partial charge < -0.3 is 14.5 Å². The van der Waals surface area contributed by atoms with Crippen LogP contribution in [0.3, 0.4) is 0 Å². The lowest BCUT2D eigenvalue weighted by molar-refractivity contribution is 0.414. The highest BCUT2D eigenvalue weighted by Crippen LogP contribution is 2.21. The van der Waals surface area contributed by atoms with E-state index >= 15 is 0 Å². The fourth-order valence-corrected chi connectivity index (χ4v) is 2.09. The molecule has 7 heteroatoms. The summed E-state index contributed by atoms with van der Waals surface area (Å²) >= 11 is 0. The Hall–Kier alpha value is -2.41. The molecule has 1 unspecified atom stereocenters. The predicted octanol–water partition coefficient (Wildman–Crippen LogP) is 1.61. The highest BCUT2D eigenvalue weighted by atomic mass is 16.5. The average Bonchev–Trinajstić information content (AvgIpc) is 3.12. The smallest absolute Gasteiger partial charge is 0.209 e. The molecule has 0 amide bonds. The van der Waals surface area contributed by atoms with Crippen LogP contribution in [0.15, 0.2) is 35.3 Å². The fourth-order valence-electron chi connectivity index (χ4n) is 2.09. The van der Waals surface area contributed by atoms with E-state index in [4.69, 9.17) is 9.15 Å². The summed E-state index contributed by atoms with van der Waals surface area (Å²) in [6.07, 6.45) is 3.23. The molecule has 2 heterocycles. The van der Waals surface area contributed by atoms with Crippen LogP contribution in [0.5, 0.6) is 5.75 Å². The quantitative estimate of drug-likeness (QED) is 0.742. The molecule has 3 rings (SSSR count). The van der Waals surface area contributed by atoms with Gasteiger partial charge in [-0.2, -0.15) is 5.10 Å². The van der Waals surface area contributed by atoms with Crippen LogP contribution in [-0.4, -0.2) is 32.9 Å². The molecule has 1 N–H and O–H groups in total. The molecular weight excluding hydrogens is 270 g/mol. The lowest BCUT2D eigenvalue weighted by atomic mass is 10.3. The number of ether oxygens (including phenoxy) is 1. The van der Waals surface area contributed by atoms with Crippen molar-refractivity contribution in [1.82, 2.24) is 25.1 Å². The Morgan fingerprint density at radius 1 is 1.43 bits per heavy atom. The third-order valence-electron chi connectivity index (χ3n) is 3.17. The zero-order valence-electron chi connectivity index (χ0n) is 12.0. The van der Waals surface area contributed by atoms with Crippen molar-refractivity contribution in [3.05, 3.63) is 36.7 Å². The molecule has 0 fully saturated rings. The first-order valence-corrected chi connectivity index (χ1v) is 6.74. The number of benzene rings is 1. The van der Waals surface area contributed by atoms with E-state index in [0.717, 1.165) is 23.4 Å². The SMILES string of the molecule is COc1ccc2oc(CNC(C)Cn3cncn3)nc2c1. The Kier molecular flexibility index (Phi) is 3.83. The number of fused-ring (bicyclic) bond motifs is 1.